The molecule has 0 rings (SSSR count). The van der Waals surface area contributed by atoms with E-state index in [1.807, 2.05) is 44.8 Å². The van der Waals surface area contributed by atoms with Crippen LogP contribution in [0.1, 0.15) is 13.8 Å². The van der Waals surface area contributed by atoms with Gasteiger partial charge in [0, 0.05) is 5.92 Å². The fraction of sp³-hybridized carbons (Fsp3) is 0.667. The third-order valence-electron chi connectivity index (χ3n) is 1.46. The Morgan fingerprint density at radius 3 is 2.09 bits per heavy atom. The molecule has 0 fully saturated rings. The largest absolute Gasteiger partial charge is 0.288 e. The first-order chi connectivity index (χ1) is 4.89. The van der Waals surface area contributed by atoms with Gasteiger partial charge in [-0.1, -0.05) is 19.1 Å². The van der Waals surface area contributed by atoms with Crippen LogP contribution in [0.5, 0.6) is 0 Å². The Morgan fingerprint density at radius 2 is 1.82 bits per heavy atom. The minimum absolute atomic E-state index is 0.0926. The van der Waals surface area contributed by atoms with E-state index in [1.54, 1.807) is 0 Å². The van der Waals surface area contributed by atoms with E-state index in [1.165, 1.54) is 0 Å². The lowest BCUT2D eigenvalue weighted by molar-refractivity contribution is -0.113. The first-order valence-corrected chi connectivity index (χ1v) is 6.60. The van der Waals surface area contributed by atoms with Crippen molar-refractivity contribution in [2.75, 3.05) is 18.8 Å². The quantitative estimate of drug-likeness (QED) is 0.588. The topological polar surface area (TPSA) is 17.1 Å². The molecule has 0 saturated heterocycles. The minimum Gasteiger partial charge on any atom is -0.288 e. The van der Waals surface area contributed by atoms with E-state index in [4.69, 9.17) is 0 Å². The van der Waals surface area contributed by atoms with Gasteiger partial charge in [-0.05, 0) is 25.7 Å². The van der Waals surface area contributed by atoms with Crippen LogP contribution in [0.2, 0.25) is 0 Å². The maximum Gasteiger partial charge on any atom is 0.177 e. The molecule has 0 bridgehead atoms. The zero-order chi connectivity index (χ0) is 9.07. The maximum absolute atomic E-state index is 11.5. The van der Waals surface area contributed by atoms with Crippen molar-refractivity contribution in [2.45, 2.75) is 13.8 Å². The Labute approximate surface area is 71.2 Å². The molecule has 0 saturated carbocycles. The highest BCUT2D eigenvalue weighted by Crippen LogP contribution is 2.38. The fourth-order valence-corrected chi connectivity index (χ4v) is 2.12. The van der Waals surface area contributed by atoms with Crippen molar-refractivity contribution in [3.05, 3.63) is 12.2 Å². The molecule has 1 unspecified atom stereocenters. The van der Waals surface area contributed by atoms with Crippen LogP contribution in [-0.4, -0.2) is 23.9 Å². The van der Waals surface area contributed by atoms with Crippen molar-refractivity contribution in [1.82, 2.24) is 0 Å². The summed E-state index contributed by atoms with van der Waals surface area (Å²) in [5.41, 5.74) is 0. The monoisotopic (exact) mass is 174 g/mol. The third-order valence-corrected chi connectivity index (χ3v) is 3.04. The van der Waals surface area contributed by atoms with Crippen molar-refractivity contribution < 1.29 is 4.79 Å². The van der Waals surface area contributed by atoms with Crippen LogP contribution in [-0.2, 0) is 4.79 Å². The van der Waals surface area contributed by atoms with Crippen molar-refractivity contribution in [3.8, 4) is 0 Å². The highest BCUT2D eigenvalue weighted by atomic mass is 32.3. The molecule has 2 heteroatoms. The van der Waals surface area contributed by atoms with Crippen LogP contribution in [0.3, 0.4) is 0 Å². The van der Waals surface area contributed by atoms with E-state index < -0.39 is 10.0 Å². The summed E-state index contributed by atoms with van der Waals surface area (Å²) in [6.45, 7) is 3.91. The van der Waals surface area contributed by atoms with Crippen LogP contribution in [0, 0.1) is 5.92 Å². The van der Waals surface area contributed by atoms with Gasteiger partial charge in [-0.25, -0.2) is 0 Å². The lowest BCUT2D eigenvalue weighted by Gasteiger charge is -2.25. The standard InChI is InChI=1S/C9H18OS/c1-6-7-8(2)9(10)11(3,4)5/h6-8H,1-5H3. The highest BCUT2D eigenvalue weighted by molar-refractivity contribution is 8.43. The smallest absolute Gasteiger partial charge is 0.177 e. The Hall–Kier alpha value is -0.240. The molecule has 0 amide bonds. The molecule has 11 heavy (non-hydrogen) atoms. The zero-order valence-corrected chi connectivity index (χ0v) is 8.87. The number of hydrogen-bond acceptors (Lipinski definition) is 1. The van der Waals surface area contributed by atoms with Crippen molar-refractivity contribution in [2.24, 2.45) is 5.92 Å². The molecule has 0 aliphatic carbocycles. The molecular weight excluding hydrogens is 156 g/mol. The predicted molar refractivity (Wildman–Crippen MR) is 54.3 cm³/mol. The summed E-state index contributed by atoms with van der Waals surface area (Å²) in [7, 11) is -1.01. The second-order valence-corrected chi connectivity index (χ2v) is 7.55. The second kappa shape index (κ2) is 3.96. The summed E-state index contributed by atoms with van der Waals surface area (Å²) in [5, 5.41) is 0.385. The average Bonchev–Trinajstić information content (AvgIpc) is 1.85. The highest BCUT2D eigenvalue weighted by Gasteiger charge is 2.19. The van der Waals surface area contributed by atoms with E-state index in [0.29, 0.717) is 5.12 Å². The minimum atomic E-state index is -1.01. The van der Waals surface area contributed by atoms with Crippen LogP contribution in [0.25, 0.3) is 0 Å². The molecule has 0 aliphatic rings. The lowest BCUT2D eigenvalue weighted by atomic mass is 10.2. The molecule has 0 N–H and O–H groups in total. The Bertz CT molecular complexity index is 165. The Balaban J connectivity index is 4.26. The maximum atomic E-state index is 11.5. The van der Waals surface area contributed by atoms with Gasteiger partial charge in [-0.3, -0.25) is 4.79 Å². The van der Waals surface area contributed by atoms with Crippen LogP contribution in [0.15, 0.2) is 12.2 Å². The van der Waals surface area contributed by atoms with Crippen molar-refractivity contribution in [3.63, 3.8) is 0 Å². The van der Waals surface area contributed by atoms with Gasteiger partial charge in [0.2, 0.25) is 0 Å². The van der Waals surface area contributed by atoms with Gasteiger partial charge in [0.05, 0.1) is 0 Å². The van der Waals surface area contributed by atoms with E-state index >= 15 is 0 Å². The number of hydrogen-bond donors (Lipinski definition) is 0. The van der Waals surface area contributed by atoms with E-state index in [-0.39, 0.29) is 5.92 Å². The second-order valence-electron chi connectivity index (χ2n) is 3.47. The molecule has 1 nitrogen and oxygen atoms in total. The number of rotatable bonds is 2. The first-order valence-electron chi connectivity index (χ1n) is 3.74. The molecule has 66 valence electrons. The van der Waals surface area contributed by atoms with Crippen LogP contribution >= 0.6 is 10.0 Å². The number of carbonyl (C=O) groups excluding carboxylic acids is 1. The van der Waals surface area contributed by atoms with Gasteiger partial charge in [0.25, 0.3) is 0 Å². The summed E-state index contributed by atoms with van der Waals surface area (Å²) >= 11 is 0. The zero-order valence-electron chi connectivity index (χ0n) is 8.05. The van der Waals surface area contributed by atoms with Gasteiger partial charge < -0.3 is 0 Å². The van der Waals surface area contributed by atoms with E-state index in [2.05, 4.69) is 0 Å². The summed E-state index contributed by atoms with van der Waals surface area (Å²) < 4.78 is 0. The summed E-state index contributed by atoms with van der Waals surface area (Å²) in [6.07, 6.45) is 10.0. The normalized spacial score (nSPS) is 16.8. The van der Waals surface area contributed by atoms with Gasteiger partial charge in [-0.15, -0.1) is 0 Å². The number of allylic oxidation sites excluding steroid dienone is 2. The van der Waals surface area contributed by atoms with E-state index in [0.717, 1.165) is 0 Å². The van der Waals surface area contributed by atoms with Crippen LogP contribution < -0.4 is 0 Å². The van der Waals surface area contributed by atoms with Gasteiger partial charge in [-0.2, -0.15) is 10.0 Å². The molecule has 0 aromatic heterocycles. The molecule has 0 heterocycles. The van der Waals surface area contributed by atoms with Gasteiger partial charge in [0.15, 0.2) is 5.12 Å². The molecule has 0 aliphatic heterocycles. The summed E-state index contributed by atoms with van der Waals surface area (Å²) in [5.74, 6) is 0.0926. The van der Waals surface area contributed by atoms with E-state index in [9.17, 15) is 4.79 Å². The fourth-order valence-electron chi connectivity index (χ4n) is 0.925. The average molecular weight is 174 g/mol. The SMILES string of the molecule is CC=CC(C)C(=O)S(C)(C)C. The summed E-state index contributed by atoms with van der Waals surface area (Å²) in [4.78, 5) is 11.5. The van der Waals surface area contributed by atoms with Gasteiger partial charge >= 0.3 is 0 Å². The van der Waals surface area contributed by atoms with Crippen molar-refractivity contribution in [1.29, 1.82) is 0 Å². The third kappa shape index (κ3) is 3.61. The first kappa shape index (κ1) is 10.8. The molecule has 0 spiro atoms. The van der Waals surface area contributed by atoms with Gasteiger partial charge in [0.1, 0.15) is 0 Å². The molecular formula is C9H18OS. The predicted octanol–water partition coefficient (Wildman–Crippen LogP) is 2.42. The molecule has 0 aromatic carbocycles. The lowest BCUT2D eigenvalue weighted by Crippen LogP contribution is -2.15. The number of carbonyl (C=O) groups is 1. The van der Waals surface area contributed by atoms with Crippen LogP contribution in [0.4, 0.5) is 0 Å². The summed E-state index contributed by atoms with van der Waals surface area (Å²) in [6, 6.07) is 0. The Kier molecular flexibility index (Phi) is 3.87. The Morgan fingerprint density at radius 1 is 1.36 bits per heavy atom. The molecule has 0 radical (unpaired) electrons. The van der Waals surface area contributed by atoms with Crippen molar-refractivity contribution >= 4 is 15.1 Å². The molecule has 1 atom stereocenters. The molecule has 0 aromatic rings.